The van der Waals surface area contributed by atoms with Crippen LogP contribution in [-0.2, 0) is 0 Å². The minimum atomic E-state index is 0.203. The van der Waals surface area contributed by atoms with Crippen molar-refractivity contribution in [3.8, 4) is 0 Å². The van der Waals surface area contributed by atoms with Crippen molar-refractivity contribution in [1.29, 1.82) is 0 Å². The van der Waals surface area contributed by atoms with Gasteiger partial charge < -0.3 is 0 Å². The third-order valence-electron chi connectivity index (χ3n) is 1.08. The normalized spacial score (nSPS) is 14.3. The highest BCUT2D eigenvalue weighted by Gasteiger charge is 2.07. The van der Waals surface area contributed by atoms with Crippen LogP contribution in [0.15, 0.2) is 0 Å². The van der Waals surface area contributed by atoms with Gasteiger partial charge in [-0.3, -0.25) is 0 Å². The maximum absolute atomic E-state index is 4.16. The van der Waals surface area contributed by atoms with Crippen LogP contribution in [0.5, 0.6) is 0 Å². The fraction of sp³-hybridized carbons (Fsp3) is 1.00. The molecule has 0 aliphatic rings. The highest BCUT2D eigenvalue weighted by atomic mass is 33.1. The minimum Gasteiger partial charge on any atom is -0.165 e. The average Bonchev–Trinajstić information content (AvgIpc) is 1.82. The van der Waals surface area contributed by atoms with Crippen LogP contribution in [0.3, 0.4) is 0 Å². The van der Waals surface area contributed by atoms with Gasteiger partial charge in [0.1, 0.15) is 0 Å². The van der Waals surface area contributed by atoms with E-state index in [1.54, 1.807) is 10.8 Å². The lowest BCUT2D eigenvalue weighted by Gasteiger charge is -2.11. The van der Waals surface area contributed by atoms with Crippen molar-refractivity contribution >= 4 is 47.7 Å². The smallest absolute Gasteiger partial charge is 0.0453 e. The molecule has 0 fully saturated rings. The van der Waals surface area contributed by atoms with E-state index >= 15 is 0 Å². The summed E-state index contributed by atoms with van der Waals surface area (Å²) in [5, 5.41) is 0.605. The second-order valence-electron chi connectivity index (χ2n) is 1.85. The molecule has 0 N–H and O–H groups in total. The van der Waals surface area contributed by atoms with E-state index in [-0.39, 0.29) is 4.58 Å². The minimum absolute atomic E-state index is 0.203. The van der Waals surface area contributed by atoms with Crippen LogP contribution >= 0.6 is 47.7 Å². The fourth-order valence-corrected chi connectivity index (χ4v) is 2.45. The van der Waals surface area contributed by atoms with E-state index in [2.05, 4.69) is 43.8 Å². The number of thiol groups is 3. The molecular formula is C5H12S4. The maximum atomic E-state index is 4.16. The molecule has 56 valence electrons. The van der Waals surface area contributed by atoms with Gasteiger partial charge in [-0.05, 0) is 12.8 Å². The molecule has 9 heavy (non-hydrogen) atoms. The quantitative estimate of drug-likeness (QED) is 0.356. The second kappa shape index (κ2) is 6.13. The first-order valence-corrected chi connectivity index (χ1v) is 5.83. The van der Waals surface area contributed by atoms with Crippen molar-refractivity contribution in [3.63, 3.8) is 0 Å². The van der Waals surface area contributed by atoms with E-state index in [1.165, 1.54) is 0 Å². The Kier molecular flexibility index (Phi) is 7.09. The molecule has 0 spiro atoms. The van der Waals surface area contributed by atoms with Gasteiger partial charge in [0.2, 0.25) is 0 Å². The Morgan fingerprint density at radius 3 is 2.11 bits per heavy atom. The van der Waals surface area contributed by atoms with Gasteiger partial charge in [0, 0.05) is 9.83 Å². The molecule has 0 rings (SSSR count). The van der Waals surface area contributed by atoms with E-state index in [0.717, 1.165) is 12.8 Å². The van der Waals surface area contributed by atoms with Crippen LogP contribution in [0, 0.1) is 0 Å². The Hall–Kier alpha value is 1.40. The first-order valence-electron chi connectivity index (χ1n) is 2.87. The molecule has 4 heteroatoms. The van der Waals surface area contributed by atoms with Gasteiger partial charge in [0.05, 0.1) is 0 Å². The lowest BCUT2D eigenvalue weighted by atomic mass is 10.3. The molecule has 0 aliphatic heterocycles. The second-order valence-corrected chi connectivity index (χ2v) is 5.02. The molecule has 0 radical (unpaired) electrons. The molecule has 0 amide bonds. The maximum Gasteiger partial charge on any atom is 0.0453 e. The van der Waals surface area contributed by atoms with E-state index in [1.807, 2.05) is 0 Å². The Balaban J connectivity index is 3.31. The van der Waals surface area contributed by atoms with E-state index < -0.39 is 0 Å². The summed E-state index contributed by atoms with van der Waals surface area (Å²) in [4.78, 5) is 0. The van der Waals surface area contributed by atoms with Crippen LogP contribution in [0.1, 0.15) is 19.8 Å². The summed E-state index contributed by atoms with van der Waals surface area (Å²) in [6, 6.07) is 0. The molecule has 1 unspecified atom stereocenters. The van der Waals surface area contributed by atoms with Gasteiger partial charge in [0.25, 0.3) is 0 Å². The van der Waals surface area contributed by atoms with Crippen molar-refractivity contribution < 1.29 is 0 Å². The molecule has 0 bridgehead atoms. The predicted octanol–water partition coefficient (Wildman–Crippen LogP) is 2.92. The van der Waals surface area contributed by atoms with E-state index in [9.17, 15) is 0 Å². The summed E-state index contributed by atoms with van der Waals surface area (Å²) in [6.07, 6.45) is 2.17. The third kappa shape index (κ3) is 5.83. The molecule has 1 atom stereocenters. The molecule has 0 aromatic rings. The van der Waals surface area contributed by atoms with Crippen molar-refractivity contribution in [2.75, 3.05) is 0 Å². The fourth-order valence-electron chi connectivity index (χ4n) is 0.519. The van der Waals surface area contributed by atoms with Crippen molar-refractivity contribution in [3.05, 3.63) is 0 Å². The summed E-state index contributed by atoms with van der Waals surface area (Å²) < 4.78 is 0.203. The third-order valence-corrected chi connectivity index (χ3v) is 3.22. The summed E-state index contributed by atoms with van der Waals surface area (Å²) in [5.74, 6) is 0. The van der Waals surface area contributed by atoms with Crippen molar-refractivity contribution in [2.24, 2.45) is 0 Å². The molecule has 0 saturated carbocycles. The van der Waals surface area contributed by atoms with E-state index in [4.69, 9.17) is 0 Å². The Morgan fingerprint density at radius 1 is 1.44 bits per heavy atom. The number of hydrogen-bond donors (Lipinski definition) is 3. The van der Waals surface area contributed by atoms with Gasteiger partial charge in [-0.25, -0.2) is 0 Å². The Labute approximate surface area is 77.2 Å². The molecule has 0 aromatic heterocycles. The first kappa shape index (κ1) is 10.4. The molecular weight excluding hydrogens is 188 g/mol. The standard InChI is InChI=1S/C5H12S4/c1-2-4(9-8)3-5(6)7/h4-8H,2-3H2,1H3. The zero-order valence-electron chi connectivity index (χ0n) is 5.32. The summed E-state index contributed by atoms with van der Waals surface area (Å²) in [5.41, 5.74) is 0. The molecule has 0 nitrogen and oxygen atoms in total. The average molecular weight is 200 g/mol. The van der Waals surface area contributed by atoms with Gasteiger partial charge in [0.15, 0.2) is 0 Å². The summed E-state index contributed by atoms with van der Waals surface area (Å²) in [7, 11) is 1.59. The van der Waals surface area contributed by atoms with Crippen LogP contribution in [0.2, 0.25) is 0 Å². The molecule has 0 aromatic carbocycles. The number of rotatable bonds is 4. The van der Waals surface area contributed by atoms with Gasteiger partial charge in [-0.15, -0.1) is 11.7 Å². The highest BCUT2D eigenvalue weighted by Crippen LogP contribution is 2.25. The van der Waals surface area contributed by atoms with Gasteiger partial charge >= 0.3 is 0 Å². The number of hydrogen-bond acceptors (Lipinski definition) is 4. The topological polar surface area (TPSA) is 0 Å². The van der Waals surface area contributed by atoms with Crippen LogP contribution in [-0.4, -0.2) is 9.83 Å². The van der Waals surface area contributed by atoms with Gasteiger partial charge in [-0.1, -0.05) is 17.7 Å². The van der Waals surface area contributed by atoms with Crippen LogP contribution in [0.25, 0.3) is 0 Å². The lowest BCUT2D eigenvalue weighted by Crippen LogP contribution is -2.03. The van der Waals surface area contributed by atoms with Crippen molar-refractivity contribution in [2.45, 2.75) is 29.6 Å². The SMILES string of the molecule is CCC(CC(S)S)SS. The van der Waals surface area contributed by atoms with Crippen LogP contribution in [0.4, 0.5) is 0 Å². The molecule has 0 saturated heterocycles. The first-order chi connectivity index (χ1) is 4.20. The van der Waals surface area contributed by atoms with Crippen LogP contribution < -0.4 is 0 Å². The molecule has 0 heterocycles. The summed E-state index contributed by atoms with van der Waals surface area (Å²) in [6.45, 7) is 2.15. The summed E-state index contributed by atoms with van der Waals surface area (Å²) >= 11 is 12.4. The Bertz CT molecular complexity index is 60.0. The largest absolute Gasteiger partial charge is 0.165 e. The van der Waals surface area contributed by atoms with Gasteiger partial charge in [-0.2, -0.15) is 25.3 Å². The van der Waals surface area contributed by atoms with Crippen molar-refractivity contribution in [1.82, 2.24) is 0 Å². The van der Waals surface area contributed by atoms with E-state index in [0.29, 0.717) is 5.25 Å². The zero-order chi connectivity index (χ0) is 7.28. The lowest BCUT2D eigenvalue weighted by molar-refractivity contribution is 0.791. The monoisotopic (exact) mass is 200 g/mol. The highest BCUT2D eigenvalue weighted by molar-refractivity contribution is 8.68. The Morgan fingerprint density at radius 2 is 2.00 bits per heavy atom. The predicted molar refractivity (Wildman–Crippen MR) is 57.0 cm³/mol. The molecule has 0 aliphatic carbocycles. The zero-order valence-corrected chi connectivity index (χ0v) is 8.82.